The second-order valence-electron chi connectivity index (χ2n) is 3.91. The number of likely N-dealkylation sites (tertiary alicyclic amines) is 1. The number of hydrogen-bond donors (Lipinski definition) is 1. The number of rotatable bonds is 5. The lowest BCUT2D eigenvalue weighted by atomic mass is 9.88. The molecule has 1 fully saturated rings. The lowest BCUT2D eigenvalue weighted by Gasteiger charge is -2.47. The predicted molar refractivity (Wildman–Crippen MR) is 54.9 cm³/mol. The molecule has 1 saturated heterocycles. The number of ether oxygens (including phenoxy) is 1. The molecule has 0 aromatic rings. The van der Waals surface area contributed by atoms with E-state index in [4.69, 9.17) is 10.5 Å². The fourth-order valence-corrected chi connectivity index (χ4v) is 1.58. The molecule has 0 aromatic carbocycles. The Labute approximate surface area is 85.4 Å². The molecule has 0 spiro atoms. The number of carbonyl (C=O) groups excluding carboxylic acids is 1. The Morgan fingerprint density at radius 3 is 2.64 bits per heavy atom. The Bertz CT molecular complexity index is 200. The van der Waals surface area contributed by atoms with Crippen LogP contribution in [0.25, 0.3) is 0 Å². The summed E-state index contributed by atoms with van der Waals surface area (Å²) in [4.78, 5) is 13.3. The molecule has 1 aliphatic rings. The van der Waals surface area contributed by atoms with Gasteiger partial charge in [0.05, 0.1) is 18.6 Å². The zero-order valence-electron chi connectivity index (χ0n) is 9.08. The van der Waals surface area contributed by atoms with Gasteiger partial charge in [-0.05, 0) is 13.3 Å². The maximum Gasteiger partial charge on any atom is 0.225 e. The zero-order valence-corrected chi connectivity index (χ0v) is 9.08. The molecule has 1 heterocycles. The van der Waals surface area contributed by atoms with Crippen LogP contribution < -0.4 is 5.73 Å². The summed E-state index contributed by atoms with van der Waals surface area (Å²) in [6.45, 7) is 6.58. The van der Waals surface area contributed by atoms with Gasteiger partial charge in [-0.15, -0.1) is 0 Å². The summed E-state index contributed by atoms with van der Waals surface area (Å²) in [5.41, 5.74) is 5.84. The van der Waals surface area contributed by atoms with Crippen LogP contribution in [0.4, 0.5) is 0 Å². The quantitative estimate of drug-likeness (QED) is 0.652. The van der Waals surface area contributed by atoms with E-state index in [2.05, 4.69) is 6.92 Å². The van der Waals surface area contributed by atoms with Crippen LogP contribution in [0.1, 0.15) is 26.7 Å². The Morgan fingerprint density at radius 2 is 2.14 bits per heavy atom. The van der Waals surface area contributed by atoms with Crippen LogP contribution in [-0.2, 0) is 9.53 Å². The minimum atomic E-state index is -0.124. The van der Waals surface area contributed by atoms with Crippen molar-refractivity contribution in [3.63, 3.8) is 0 Å². The first kappa shape index (κ1) is 11.5. The van der Waals surface area contributed by atoms with E-state index in [1.165, 1.54) is 0 Å². The molecule has 4 nitrogen and oxygen atoms in total. The highest BCUT2D eigenvalue weighted by atomic mass is 16.5. The molecule has 0 saturated carbocycles. The van der Waals surface area contributed by atoms with Crippen molar-refractivity contribution in [1.29, 1.82) is 0 Å². The Morgan fingerprint density at radius 1 is 1.50 bits per heavy atom. The van der Waals surface area contributed by atoms with Gasteiger partial charge < -0.3 is 15.4 Å². The first-order valence-electron chi connectivity index (χ1n) is 5.25. The van der Waals surface area contributed by atoms with E-state index < -0.39 is 0 Å². The highest BCUT2D eigenvalue weighted by Gasteiger charge is 2.39. The van der Waals surface area contributed by atoms with Gasteiger partial charge in [0.2, 0.25) is 5.91 Å². The lowest BCUT2D eigenvalue weighted by Crippen LogP contribution is -2.68. The van der Waals surface area contributed by atoms with Gasteiger partial charge in [0, 0.05) is 19.7 Å². The summed E-state index contributed by atoms with van der Waals surface area (Å²) in [5.74, 6) is 0.160. The van der Waals surface area contributed by atoms with Gasteiger partial charge in [-0.1, -0.05) is 6.92 Å². The van der Waals surface area contributed by atoms with Crippen molar-refractivity contribution in [2.45, 2.75) is 32.2 Å². The SMILES string of the molecule is CCOCCC(=O)N1CC(N)(CC)C1. The third kappa shape index (κ3) is 2.69. The van der Waals surface area contributed by atoms with E-state index in [-0.39, 0.29) is 11.4 Å². The van der Waals surface area contributed by atoms with Crippen molar-refractivity contribution in [1.82, 2.24) is 4.90 Å². The van der Waals surface area contributed by atoms with E-state index in [1.807, 2.05) is 11.8 Å². The number of nitrogens with two attached hydrogens (primary N) is 1. The van der Waals surface area contributed by atoms with Gasteiger partial charge in [-0.3, -0.25) is 4.79 Å². The summed E-state index contributed by atoms with van der Waals surface area (Å²) in [7, 11) is 0. The van der Waals surface area contributed by atoms with Gasteiger partial charge in [-0.25, -0.2) is 0 Å². The highest BCUT2D eigenvalue weighted by molar-refractivity contribution is 5.77. The first-order chi connectivity index (χ1) is 6.61. The van der Waals surface area contributed by atoms with Crippen molar-refractivity contribution < 1.29 is 9.53 Å². The molecule has 0 unspecified atom stereocenters. The third-order valence-electron chi connectivity index (χ3n) is 2.73. The van der Waals surface area contributed by atoms with Crippen molar-refractivity contribution >= 4 is 5.91 Å². The Hall–Kier alpha value is -0.610. The minimum absolute atomic E-state index is 0.124. The van der Waals surface area contributed by atoms with Crippen molar-refractivity contribution in [2.24, 2.45) is 5.73 Å². The summed E-state index contributed by atoms with van der Waals surface area (Å²) in [5, 5.41) is 0. The standard InChI is InChI=1S/C10H20N2O2/c1-3-10(11)7-12(8-10)9(13)5-6-14-4-2/h3-8,11H2,1-2H3. The number of amides is 1. The second-order valence-corrected chi connectivity index (χ2v) is 3.91. The molecule has 0 radical (unpaired) electrons. The molecule has 1 amide bonds. The van der Waals surface area contributed by atoms with Gasteiger partial charge in [-0.2, -0.15) is 0 Å². The largest absolute Gasteiger partial charge is 0.381 e. The number of carbonyl (C=O) groups is 1. The molecule has 1 aliphatic heterocycles. The van der Waals surface area contributed by atoms with Crippen LogP contribution in [-0.4, -0.2) is 42.6 Å². The smallest absolute Gasteiger partial charge is 0.225 e. The summed E-state index contributed by atoms with van der Waals surface area (Å²) in [6.07, 6.45) is 1.41. The molecule has 82 valence electrons. The molecule has 4 heteroatoms. The maximum atomic E-state index is 11.5. The maximum absolute atomic E-state index is 11.5. The van der Waals surface area contributed by atoms with Crippen molar-refractivity contribution in [3.8, 4) is 0 Å². The average Bonchev–Trinajstić information content (AvgIpc) is 2.13. The van der Waals surface area contributed by atoms with Crippen LogP contribution in [0.2, 0.25) is 0 Å². The van der Waals surface area contributed by atoms with Crippen LogP contribution in [0, 0.1) is 0 Å². The zero-order chi connectivity index (χ0) is 10.6. The van der Waals surface area contributed by atoms with Crippen molar-refractivity contribution in [3.05, 3.63) is 0 Å². The summed E-state index contributed by atoms with van der Waals surface area (Å²) in [6, 6.07) is 0. The van der Waals surface area contributed by atoms with Crippen LogP contribution in [0.5, 0.6) is 0 Å². The topological polar surface area (TPSA) is 55.6 Å². The van der Waals surface area contributed by atoms with E-state index in [0.717, 1.165) is 6.42 Å². The lowest BCUT2D eigenvalue weighted by molar-refractivity contribution is -0.139. The van der Waals surface area contributed by atoms with Gasteiger partial charge in [0.1, 0.15) is 0 Å². The average molecular weight is 200 g/mol. The van der Waals surface area contributed by atoms with Crippen molar-refractivity contribution in [2.75, 3.05) is 26.3 Å². The molecular weight excluding hydrogens is 180 g/mol. The molecular formula is C10H20N2O2. The second kappa shape index (κ2) is 4.75. The summed E-state index contributed by atoms with van der Waals surface area (Å²) < 4.78 is 5.12. The fourth-order valence-electron chi connectivity index (χ4n) is 1.58. The molecule has 0 aliphatic carbocycles. The third-order valence-corrected chi connectivity index (χ3v) is 2.73. The van der Waals surface area contributed by atoms with E-state index in [0.29, 0.717) is 32.7 Å². The van der Waals surface area contributed by atoms with Crippen LogP contribution in [0.15, 0.2) is 0 Å². The predicted octanol–water partition coefficient (Wildman–Crippen LogP) is 0.363. The van der Waals surface area contributed by atoms with Gasteiger partial charge in [0.25, 0.3) is 0 Å². The number of nitrogens with zero attached hydrogens (tertiary/aromatic N) is 1. The number of hydrogen-bond acceptors (Lipinski definition) is 3. The Kier molecular flexibility index (Phi) is 3.89. The van der Waals surface area contributed by atoms with Gasteiger partial charge in [0.15, 0.2) is 0 Å². The minimum Gasteiger partial charge on any atom is -0.381 e. The Balaban J connectivity index is 2.16. The monoisotopic (exact) mass is 200 g/mol. The van der Waals surface area contributed by atoms with Crippen LogP contribution >= 0.6 is 0 Å². The molecule has 0 bridgehead atoms. The van der Waals surface area contributed by atoms with E-state index in [9.17, 15) is 4.79 Å². The van der Waals surface area contributed by atoms with Gasteiger partial charge >= 0.3 is 0 Å². The summed E-state index contributed by atoms with van der Waals surface area (Å²) >= 11 is 0. The normalized spacial score (nSPS) is 19.2. The molecule has 0 aromatic heterocycles. The highest BCUT2D eigenvalue weighted by Crippen LogP contribution is 2.21. The molecule has 1 rings (SSSR count). The van der Waals surface area contributed by atoms with Crippen LogP contribution in [0.3, 0.4) is 0 Å². The van der Waals surface area contributed by atoms with E-state index >= 15 is 0 Å². The first-order valence-corrected chi connectivity index (χ1v) is 5.25. The molecule has 2 N–H and O–H groups in total. The van der Waals surface area contributed by atoms with E-state index in [1.54, 1.807) is 0 Å². The molecule has 0 atom stereocenters. The molecule has 14 heavy (non-hydrogen) atoms. The fraction of sp³-hybridized carbons (Fsp3) is 0.900.